The summed E-state index contributed by atoms with van der Waals surface area (Å²) in [6.45, 7) is 3.93. The van der Waals surface area contributed by atoms with Crippen LogP contribution in [0.2, 0.25) is 5.02 Å². The fraction of sp³-hybridized carbons (Fsp3) is 0.333. The molecule has 1 N–H and O–H groups in total. The Kier molecular flexibility index (Phi) is 4.06. The van der Waals surface area contributed by atoms with Crippen LogP contribution in [0.15, 0.2) is 22.7 Å². The lowest BCUT2D eigenvalue weighted by molar-refractivity contribution is 0.726. The normalized spacial score (nSPS) is 10.2. The van der Waals surface area contributed by atoms with E-state index in [4.69, 9.17) is 11.6 Å². The summed E-state index contributed by atoms with van der Waals surface area (Å²) < 4.78 is 1.03. The highest BCUT2D eigenvalue weighted by Crippen LogP contribution is 2.19. The maximum Gasteiger partial charge on any atom is 0.0420 e. The van der Waals surface area contributed by atoms with E-state index in [1.807, 2.05) is 12.1 Å². The average molecular weight is 249 g/mol. The van der Waals surface area contributed by atoms with Crippen molar-refractivity contribution >= 4 is 27.5 Å². The summed E-state index contributed by atoms with van der Waals surface area (Å²) in [6.07, 6.45) is 0. The molecule has 0 spiro atoms. The zero-order valence-corrected chi connectivity index (χ0v) is 9.24. The molecule has 66 valence electrons. The molecule has 1 rings (SSSR count). The van der Waals surface area contributed by atoms with Crippen LogP contribution in [-0.2, 0) is 6.54 Å². The van der Waals surface area contributed by atoms with Crippen molar-refractivity contribution in [2.24, 2.45) is 0 Å². The highest BCUT2D eigenvalue weighted by molar-refractivity contribution is 9.10. The summed E-state index contributed by atoms with van der Waals surface area (Å²) in [5.41, 5.74) is 1.20. The van der Waals surface area contributed by atoms with Crippen molar-refractivity contribution in [1.29, 1.82) is 0 Å². The van der Waals surface area contributed by atoms with Gasteiger partial charge in [-0.05, 0) is 30.3 Å². The van der Waals surface area contributed by atoms with Crippen molar-refractivity contribution in [1.82, 2.24) is 5.32 Å². The Balaban J connectivity index is 2.72. The van der Waals surface area contributed by atoms with Crippen LogP contribution in [0.25, 0.3) is 0 Å². The van der Waals surface area contributed by atoms with Crippen molar-refractivity contribution in [2.75, 3.05) is 6.54 Å². The zero-order valence-electron chi connectivity index (χ0n) is 6.90. The molecule has 3 heteroatoms. The molecule has 0 fully saturated rings. The van der Waals surface area contributed by atoms with Crippen LogP contribution in [0.1, 0.15) is 12.5 Å². The zero-order chi connectivity index (χ0) is 8.97. The van der Waals surface area contributed by atoms with Crippen LogP contribution >= 0.6 is 27.5 Å². The van der Waals surface area contributed by atoms with Crippen LogP contribution in [0.4, 0.5) is 0 Å². The van der Waals surface area contributed by atoms with E-state index >= 15 is 0 Å². The third-order valence-corrected chi connectivity index (χ3v) is 2.18. The van der Waals surface area contributed by atoms with Crippen LogP contribution in [0, 0.1) is 0 Å². The predicted molar refractivity (Wildman–Crippen MR) is 56.5 cm³/mol. The molecular formula is C9H11BrClN. The van der Waals surface area contributed by atoms with Crippen molar-refractivity contribution in [2.45, 2.75) is 13.5 Å². The summed E-state index contributed by atoms with van der Waals surface area (Å²) >= 11 is 9.26. The summed E-state index contributed by atoms with van der Waals surface area (Å²) in [5, 5.41) is 4.01. The summed E-state index contributed by atoms with van der Waals surface area (Å²) in [5.74, 6) is 0. The first-order chi connectivity index (χ1) is 5.72. The summed E-state index contributed by atoms with van der Waals surface area (Å²) in [4.78, 5) is 0. The summed E-state index contributed by atoms with van der Waals surface area (Å²) in [7, 11) is 0. The number of hydrogen-bond acceptors (Lipinski definition) is 1. The lowest BCUT2D eigenvalue weighted by atomic mass is 10.2. The summed E-state index contributed by atoms with van der Waals surface area (Å²) in [6, 6.07) is 5.92. The van der Waals surface area contributed by atoms with Gasteiger partial charge >= 0.3 is 0 Å². The SMILES string of the molecule is CCNCc1cc(Cl)cc(Br)c1. The number of benzene rings is 1. The van der Waals surface area contributed by atoms with E-state index < -0.39 is 0 Å². The van der Waals surface area contributed by atoms with Gasteiger partial charge in [0.1, 0.15) is 0 Å². The van der Waals surface area contributed by atoms with Crippen molar-refractivity contribution < 1.29 is 0 Å². The van der Waals surface area contributed by atoms with Crippen LogP contribution in [-0.4, -0.2) is 6.54 Å². The number of rotatable bonds is 3. The molecule has 0 bridgehead atoms. The van der Waals surface area contributed by atoms with Gasteiger partial charge in [-0.2, -0.15) is 0 Å². The first-order valence-corrected chi connectivity index (χ1v) is 5.05. The molecular weight excluding hydrogens is 237 g/mol. The molecule has 12 heavy (non-hydrogen) atoms. The van der Waals surface area contributed by atoms with Gasteiger partial charge in [0, 0.05) is 16.0 Å². The first-order valence-electron chi connectivity index (χ1n) is 3.88. The molecule has 0 aliphatic carbocycles. The molecule has 1 aromatic rings. The lowest BCUT2D eigenvalue weighted by Crippen LogP contribution is -2.11. The average Bonchev–Trinajstić information content (AvgIpc) is 1.99. The maximum atomic E-state index is 5.87. The van der Waals surface area contributed by atoms with Crippen molar-refractivity contribution in [3.05, 3.63) is 33.3 Å². The van der Waals surface area contributed by atoms with Gasteiger partial charge in [-0.15, -0.1) is 0 Å². The molecule has 0 radical (unpaired) electrons. The minimum atomic E-state index is 0.775. The van der Waals surface area contributed by atoms with E-state index in [-0.39, 0.29) is 0 Å². The van der Waals surface area contributed by atoms with E-state index in [2.05, 4.69) is 34.2 Å². The Morgan fingerprint density at radius 3 is 2.75 bits per heavy atom. The molecule has 0 atom stereocenters. The molecule has 0 unspecified atom stereocenters. The van der Waals surface area contributed by atoms with Gasteiger partial charge in [0.05, 0.1) is 0 Å². The van der Waals surface area contributed by atoms with Gasteiger partial charge in [-0.25, -0.2) is 0 Å². The van der Waals surface area contributed by atoms with Gasteiger partial charge in [-0.3, -0.25) is 0 Å². The van der Waals surface area contributed by atoms with E-state index in [0.29, 0.717) is 0 Å². The Hall–Kier alpha value is -0.0500. The van der Waals surface area contributed by atoms with Gasteiger partial charge in [0.2, 0.25) is 0 Å². The Labute approximate surface area is 86.2 Å². The molecule has 1 nitrogen and oxygen atoms in total. The quantitative estimate of drug-likeness (QED) is 0.866. The second-order valence-corrected chi connectivity index (χ2v) is 3.91. The molecule has 0 saturated carbocycles. The van der Waals surface area contributed by atoms with Crippen molar-refractivity contribution in [3.63, 3.8) is 0 Å². The van der Waals surface area contributed by atoms with E-state index in [0.717, 1.165) is 22.6 Å². The Morgan fingerprint density at radius 1 is 1.42 bits per heavy atom. The largest absolute Gasteiger partial charge is 0.313 e. The Bertz CT molecular complexity index is 242. The third kappa shape index (κ3) is 3.13. The van der Waals surface area contributed by atoms with E-state index in [9.17, 15) is 0 Å². The molecule has 0 saturated heterocycles. The number of hydrogen-bond donors (Lipinski definition) is 1. The molecule has 0 amide bonds. The lowest BCUT2D eigenvalue weighted by Gasteiger charge is -2.03. The molecule has 0 aromatic heterocycles. The third-order valence-electron chi connectivity index (χ3n) is 1.50. The van der Waals surface area contributed by atoms with Crippen LogP contribution in [0.5, 0.6) is 0 Å². The predicted octanol–water partition coefficient (Wildman–Crippen LogP) is 3.21. The van der Waals surface area contributed by atoms with E-state index in [1.54, 1.807) is 0 Å². The molecule has 1 aromatic carbocycles. The number of halogens is 2. The number of nitrogens with one attached hydrogen (secondary N) is 1. The van der Waals surface area contributed by atoms with Gasteiger partial charge in [-0.1, -0.05) is 34.5 Å². The second-order valence-electron chi connectivity index (χ2n) is 2.56. The fourth-order valence-electron chi connectivity index (χ4n) is 0.982. The smallest absolute Gasteiger partial charge is 0.0420 e. The van der Waals surface area contributed by atoms with E-state index in [1.165, 1.54) is 5.56 Å². The monoisotopic (exact) mass is 247 g/mol. The fourth-order valence-corrected chi connectivity index (χ4v) is 1.91. The highest BCUT2D eigenvalue weighted by Gasteiger charge is 1.96. The van der Waals surface area contributed by atoms with Gasteiger partial charge < -0.3 is 5.32 Å². The molecule has 0 aliphatic rings. The second kappa shape index (κ2) is 4.85. The minimum Gasteiger partial charge on any atom is -0.313 e. The first kappa shape index (κ1) is 10.0. The topological polar surface area (TPSA) is 12.0 Å². The molecule has 0 heterocycles. The van der Waals surface area contributed by atoms with Crippen LogP contribution in [0.3, 0.4) is 0 Å². The highest BCUT2D eigenvalue weighted by atomic mass is 79.9. The molecule has 0 aliphatic heterocycles. The minimum absolute atomic E-state index is 0.775. The van der Waals surface area contributed by atoms with Crippen molar-refractivity contribution in [3.8, 4) is 0 Å². The van der Waals surface area contributed by atoms with Gasteiger partial charge in [0.25, 0.3) is 0 Å². The Morgan fingerprint density at radius 2 is 2.17 bits per heavy atom. The maximum absolute atomic E-state index is 5.87. The van der Waals surface area contributed by atoms with Gasteiger partial charge in [0.15, 0.2) is 0 Å². The van der Waals surface area contributed by atoms with Crippen LogP contribution < -0.4 is 5.32 Å². The standard InChI is InChI=1S/C9H11BrClN/c1-2-12-6-7-3-8(10)5-9(11)4-7/h3-5,12H,2,6H2,1H3.